The largest absolute Gasteiger partial charge is 0.756 e. The molecule has 81 heavy (non-hydrogen) atoms. The molecule has 0 spiro atoms. The SMILES string of the molecule is CC/C=C\C/C=C\C/C=C\C/C=C\C/C=C\CCCCCC(=O)OC(/C=C/CCCCCCCCCCCCC)C(COP(=O)([O-])OCC[N+](C)(C)C)NC(=O)CCCCCCCCCCCCCCCCCCCCCCCCC. The molecule has 0 aliphatic rings. The molecule has 0 fully saturated rings. The highest BCUT2D eigenvalue weighted by Gasteiger charge is 2.27. The van der Waals surface area contributed by atoms with E-state index in [2.05, 4.69) is 86.8 Å². The van der Waals surface area contributed by atoms with E-state index in [0.29, 0.717) is 23.9 Å². The Hall–Kier alpha value is -2.55. The molecule has 0 bridgehead atoms. The topological polar surface area (TPSA) is 114 Å². The summed E-state index contributed by atoms with van der Waals surface area (Å²) in [6, 6.07) is -0.904. The monoisotopic (exact) mass is 1150 g/mol. The third-order valence-corrected chi connectivity index (χ3v) is 16.1. The van der Waals surface area contributed by atoms with Gasteiger partial charge in [0.1, 0.15) is 19.3 Å². The van der Waals surface area contributed by atoms with Crippen molar-refractivity contribution in [2.45, 2.75) is 328 Å². The molecule has 0 aromatic carbocycles. The highest BCUT2D eigenvalue weighted by atomic mass is 31.2. The third-order valence-electron chi connectivity index (χ3n) is 15.2. The van der Waals surface area contributed by atoms with Gasteiger partial charge in [-0.15, -0.1) is 0 Å². The minimum absolute atomic E-state index is 0.0286. The van der Waals surface area contributed by atoms with Crippen molar-refractivity contribution in [1.29, 1.82) is 0 Å². The van der Waals surface area contributed by atoms with E-state index >= 15 is 0 Å². The van der Waals surface area contributed by atoms with Gasteiger partial charge in [-0.1, -0.05) is 299 Å². The van der Waals surface area contributed by atoms with E-state index in [1.807, 2.05) is 33.3 Å². The van der Waals surface area contributed by atoms with Crippen LogP contribution in [0.25, 0.3) is 0 Å². The maximum Gasteiger partial charge on any atom is 0.306 e. The highest BCUT2D eigenvalue weighted by molar-refractivity contribution is 7.45. The normalized spacial score (nSPS) is 14.0. The summed E-state index contributed by atoms with van der Waals surface area (Å²) in [7, 11) is 1.17. The van der Waals surface area contributed by atoms with Gasteiger partial charge < -0.3 is 28.5 Å². The third kappa shape index (κ3) is 61.8. The molecule has 1 amide bonds. The lowest BCUT2D eigenvalue weighted by molar-refractivity contribution is -0.870. The molecule has 10 heteroatoms. The number of likely N-dealkylation sites (N-methyl/N-ethyl adjacent to an activating group) is 1. The van der Waals surface area contributed by atoms with Gasteiger partial charge in [0.2, 0.25) is 5.91 Å². The molecule has 3 atom stereocenters. The van der Waals surface area contributed by atoms with Gasteiger partial charge in [-0.3, -0.25) is 14.2 Å². The van der Waals surface area contributed by atoms with Gasteiger partial charge >= 0.3 is 5.97 Å². The van der Waals surface area contributed by atoms with Crippen LogP contribution >= 0.6 is 7.82 Å². The van der Waals surface area contributed by atoms with Crippen molar-refractivity contribution in [3.63, 3.8) is 0 Å². The Bertz CT molecular complexity index is 1620. The van der Waals surface area contributed by atoms with Crippen LogP contribution in [0.15, 0.2) is 72.9 Å². The van der Waals surface area contributed by atoms with Crippen LogP contribution < -0.4 is 10.2 Å². The molecule has 3 unspecified atom stereocenters. The second-order valence-corrected chi connectivity index (χ2v) is 25.7. The lowest BCUT2D eigenvalue weighted by atomic mass is 10.0. The van der Waals surface area contributed by atoms with Gasteiger partial charge in [0.25, 0.3) is 7.82 Å². The number of ether oxygens (including phenoxy) is 1. The molecular formula is C71H131N2O7P. The smallest absolute Gasteiger partial charge is 0.306 e. The van der Waals surface area contributed by atoms with Crippen LogP contribution in [0.4, 0.5) is 0 Å². The zero-order valence-electron chi connectivity index (χ0n) is 54.0. The van der Waals surface area contributed by atoms with Gasteiger partial charge in [-0.25, -0.2) is 0 Å². The van der Waals surface area contributed by atoms with Crippen molar-refractivity contribution in [3.05, 3.63) is 72.9 Å². The van der Waals surface area contributed by atoms with Crippen molar-refractivity contribution in [3.8, 4) is 0 Å². The number of carbonyl (C=O) groups excluding carboxylic acids is 2. The van der Waals surface area contributed by atoms with Crippen LogP contribution in [0, 0.1) is 0 Å². The summed E-state index contributed by atoms with van der Waals surface area (Å²) in [5, 5.41) is 3.04. The first kappa shape index (κ1) is 78.5. The number of unbranched alkanes of at least 4 members (excludes halogenated alkanes) is 36. The first-order valence-corrected chi connectivity index (χ1v) is 35.7. The summed E-state index contributed by atoms with van der Waals surface area (Å²) in [5.74, 6) is -0.568. The predicted molar refractivity (Wildman–Crippen MR) is 348 cm³/mol. The molecule has 0 radical (unpaired) electrons. The van der Waals surface area contributed by atoms with Crippen LogP contribution in [-0.4, -0.2) is 69.4 Å². The summed E-state index contributed by atoms with van der Waals surface area (Å²) in [6.07, 6.45) is 78.8. The van der Waals surface area contributed by atoms with Crippen molar-refractivity contribution in [2.75, 3.05) is 40.9 Å². The molecule has 0 saturated carbocycles. The van der Waals surface area contributed by atoms with E-state index in [1.165, 1.54) is 186 Å². The summed E-state index contributed by atoms with van der Waals surface area (Å²) in [4.78, 5) is 40.1. The minimum atomic E-state index is -4.71. The fraction of sp³-hybridized carbons (Fsp3) is 0.803. The zero-order valence-corrected chi connectivity index (χ0v) is 54.9. The Kier molecular flexibility index (Phi) is 58.7. The van der Waals surface area contributed by atoms with Crippen LogP contribution in [0.1, 0.15) is 316 Å². The number of quaternary nitrogens is 1. The lowest BCUT2D eigenvalue weighted by Gasteiger charge is -2.30. The molecule has 0 aliphatic heterocycles. The number of hydrogen-bond acceptors (Lipinski definition) is 7. The Balaban J connectivity index is 5.19. The summed E-state index contributed by atoms with van der Waals surface area (Å²) in [5.41, 5.74) is 0. The molecule has 0 saturated heterocycles. The summed E-state index contributed by atoms with van der Waals surface area (Å²) < 4.78 is 30.4. The number of nitrogens with zero attached hydrogens (tertiary/aromatic N) is 1. The van der Waals surface area contributed by atoms with E-state index in [-0.39, 0.29) is 24.9 Å². The van der Waals surface area contributed by atoms with Crippen LogP contribution in [-0.2, 0) is 27.9 Å². The Labute approximate surface area is 502 Å². The van der Waals surface area contributed by atoms with E-state index < -0.39 is 26.6 Å². The van der Waals surface area contributed by atoms with E-state index in [1.54, 1.807) is 0 Å². The van der Waals surface area contributed by atoms with E-state index in [4.69, 9.17) is 13.8 Å². The molecule has 0 aromatic heterocycles. The fourth-order valence-corrected chi connectivity index (χ4v) is 10.6. The first-order chi connectivity index (χ1) is 39.4. The molecule has 0 aliphatic carbocycles. The van der Waals surface area contributed by atoms with Gasteiger partial charge in [0.15, 0.2) is 0 Å². The number of rotatable bonds is 62. The summed E-state index contributed by atoms with van der Waals surface area (Å²) in [6.45, 7) is 6.75. The maximum atomic E-state index is 13.6. The molecule has 0 aromatic rings. The van der Waals surface area contributed by atoms with Crippen molar-refractivity contribution in [2.24, 2.45) is 0 Å². The predicted octanol–water partition coefficient (Wildman–Crippen LogP) is 20.9. The maximum absolute atomic E-state index is 13.6. The van der Waals surface area contributed by atoms with Gasteiger partial charge in [0, 0.05) is 12.8 Å². The summed E-state index contributed by atoms with van der Waals surface area (Å²) >= 11 is 0. The number of amides is 1. The van der Waals surface area contributed by atoms with E-state index in [0.717, 1.165) is 89.9 Å². The second-order valence-electron chi connectivity index (χ2n) is 24.3. The molecular weight excluding hydrogens is 1020 g/mol. The van der Waals surface area contributed by atoms with Crippen molar-refractivity contribution in [1.82, 2.24) is 5.32 Å². The molecule has 9 nitrogen and oxygen atoms in total. The van der Waals surface area contributed by atoms with Crippen LogP contribution in [0.5, 0.6) is 0 Å². The number of phosphoric ester groups is 1. The van der Waals surface area contributed by atoms with Crippen molar-refractivity contribution >= 4 is 19.7 Å². The first-order valence-electron chi connectivity index (χ1n) is 34.2. The second kappa shape index (κ2) is 60.6. The minimum Gasteiger partial charge on any atom is -0.756 e. The number of esters is 1. The number of phosphoric acid groups is 1. The standard InChI is InChI=1S/C71H131N2O7P/c1-7-10-13-16-19-22-25-28-30-32-34-35-36-37-39-40-42-45-48-51-54-57-60-63-70(74)72-68(67-79-81(76,77)78-66-65-73(4,5)6)69(62-59-56-53-50-47-44-27-24-21-18-15-12-9-3)80-71(75)64-61-58-55-52-49-46-43-41-38-33-31-29-26-23-20-17-14-11-8-2/h11,14,20,23,29,31,38,41,46,49,59,62,68-69H,7-10,12-13,15-19,21-22,24-28,30,32-37,39-40,42-45,47-48,50-58,60-61,63-67H2,1-6H3,(H-,72,74,76,77)/b14-11-,23-20-,31-29-,41-38-,49-46-,62-59+. The van der Waals surface area contributed by atoms with Crippen LogP contribution in [0.2, 0.25) is 0 Å². The van der Waals surface area contributed by atoms with Crippen LogP contribution in [0.3, 0.4) is 0 Å². The lowest BCUT2D eigenvalue weighted by Crippen LogP contribution is -2.47. The average Bonchev–Trinajstić information content (AvgIpc) is 3.44. The quantitative estimate of drug-likeness (QED) is 0.0212. The Morgan fingerprint density at radius 1 is 0.444 bits per heavy atom. The molecule has 0 heterocycles. The van der Waals surface area contributed by atoms with Gasteiger partial charge in [-0.05, 0) is 76.7 Å². The Morgan fingerprint density at radius 3 is 1.20 bits per heavy atom. The molecule has 1 N–H and O–H groups in total. The zero-order chi connectivity index (χ0) is 59.3. The Morgan fingerprint density at radius 2 is 0.790 bits per heavy atom. The van der Waals surface area contributed by atoms with Crippen molar-refractivity contribution < 1.29 is 37.3 Å². The average molecular weight is 1160 g/mol. The highest BCUT2D eigenvalue weighted by Crippen LogP contribution is 2.38. The van der Waals surface area contributed by atoms with Gasteiger partial charge in [-0.2, -0.15) is 0 Å². The van der Waals surface area contributed by atoms with E-state index in [9.17, 15) is 19.0 Å². The van der Waals surface area contributed by atoms with Gasteiger partial charge in [0.05, 0.1) is 33.8 Å². The number of hydrogen-bond donors (Lipinski definition) is 1. The number of nitrogens with one attached hydrogen (secondary N) is 1. The molecule has 0 rings (SSSR count). The number of carbonyl (C=O) groups is 2. The number of allylic oxidation sites excluding steroid dienone is 11. The fourth-order valence-electron chi connectivity index (χ4n) is 9.90. The molecule has 472 valence electrons.